The Morgan fingerprint density at radius 3 is 2.56 bits per heavy atom. The zero-order valence-electron chi connectivity index (χ0n) is 14.1. The van der Waals surface area contributed by atoms with E-state index >= 15 is 0 Å². The maximum Gasteiger partial charge on any atom is 0.255 e. The molecule has 0 fully saturated rings. The van der Waals surface area contributed by atoms with Crippen molar-refractivity contribution in [3.05, 3.63) is 53.9 Å². The number of nitrogens with one attached hydrogen (secondary N) is 1. The van der Waals surface area contributed by atoms with Crippen LogP contribution >= 0.6 is 0 Å². The first-order valence-electron chi connectivity index (χ1n) is 7.53. The molecular weight excluding hydrogens is 322 g/mol. The van der Waals surface area contributed by atoms with Gasteiger partial charge in [-0.25, -0.2) is 0 Å². The van der Waals surface area contributed by atoms with Crippen molar-refractivity contribution in [2.24, 2.45) is 0 Å². The van der Waals surface area contributed by atoms with E-state index in [1.807, 2.05) is 19.1 Å². The Hall–Kier alpha value is -3.35. The average molecular weight is 339 g/mol. The molecule has 0 saturated heterocycles. The van der Waals surface area contributed by atoms with Crippen molar-refractivity contribution in [2.75, 3.05) is 19.5 Å². The molecule has 7 heteroatoms. The second-order valence-corrected chi connectivity index (χ2v) is 5.30. The number of aryl methyl sites for hydroxylation is 1. The van der Waals surface area contributed by atoms with Gasteiger partial charge in [-0.1, -0.05) is 6.07 Å². The first-order chi connectivity index (χ1) is 12.1. The van der Waals surface area contributed by atoms with Gasteiger partial charge >= 0.3 is 0 Å². The summed E-state index contributed by atoms with van der Waals surface area (Å²) in [6.45, 7) is 1.90. The zero-order valence-corrected chi connectivity index (χ0v) is 14.1. The molecule has 0 radical (unpaired) electrons. The van der Waals surface area contributed by atoms with E-state index in [9.17, 15) is 4.79 Å². The predicted octanol–water partition coefficient (Wildman–Crippen LogP) is 3.31. The van der Waals surface area contributed by atoms with E-state index in [2.05, 4.69) is 15.5 Å². The lowest BCUT2D eigenvalue weighted by molar-refractivity contribution is 0.102. The van der Waals surface area contributed by atoms with Crippen LogP contribution in [0.15, 0.2) is 47.2 Å². The minimum absolute atomic E-state index is 0.258. The maximum absolute atomic E-state index is 12.6. The number of methoxy groups -OCH3 is 2. The number of carbonyl (C=O) groups is 1. The van der Waals surface area contributed by atoms with Crippen LogP contribution in [0.3, 0.4) is 0 Å². The van der Waals surface area contributed by atoms with Crippen LogP contribution in [0.1, 0.15) is 15.9 Å². The van der Waals surface area contributed by atoms with Crippen molar-refractivity contribution in [2.45, 2.75) is 6.92 Å². The van der Waals surface area contributed by atoms with Crippen LogP contribution in [0, 0.1) is 6.92 Å². The molecule has 7 nitrogen and oxygen atoms in total. The summed E-state index contributed by atoms with van der Waals surface area (Å²) >= 11 is 0. The van der Waals surface area contributed by atoms with Gasteiger partial charge < -0.3 is 19.2 Å². The number of aromatic nitrogens is 2. The number of amides is 1. The van der Waals surface area contributed by atoms with E-state index in [4.69, 9.17) is 13.9 Å². The molecule has 1 amide bonds. The third-order valence-corrected chi connectivity index (χ3v) is 3.74. The van der Waals surface area contributed by atoms with Crippen LogP contribution in [-0.4, -0.2) is 30.3 Å². The third kappa shape index (κ3) is 3.45. The van der Waals surface area contributed by atoms with Crippen LogP contribution < -0.4 is 14.8 Å². The van der Waals surface area contributed by atoms with Gasteiger partial charge in [0.25, 0.3) is 5.91 Å². The third-order valence-electron chi connectivity index (χ3n) is 3.74. The van der Waals surface area contributed by atoms with Crippen LogP contribution in [0.4, 0.5) is 5.69 Å². The van der Waals surface area contributed by atoms with Crippen LogP contribution in [0.25, 0.3) is 11.5 Å². The van der Waals surface area contributed by atoms with Crippen molar-refractivity contribution in [1.82, 2.24) is 10.2 Å². The Morgan fingerprint density at radius 1 is 1.08 bits per heavy atom. The molecule has 0 aliphatic heterocycles. The Balaban J connectivity index is 1.87. The number of ether oxygens (including phenoxy) is 2. The van der Waals surface area contributed by atoms with Gasteiger partial charge in [-0.05, 0) is 42.8 Å². The Bertz CT molecular complexity index is 891. The molecule has 3 aromatic rings. The molecular formula is C18H17N3O4. The second-order valence-electron chi connectivity index (χ2n) is 5.30. The highest BCUT2D eigenvalue weighted by Gasteiger charge is 2.13. The van der Waals surface area contributed by atoms with Crippen molar-refractivity contribution >= 4 is 11.6 Å². The molecule has 0 saturated carbocycles. The van der Waals surface area contributed by atoms with Gasteiger partial charge in [0.05, 0.1) is 14.2 Å². The number of rotatable bonds is 5. The summed E-state index contributed by atoms with van der Waals surface area (Å²) in [5, 5.41) is 10.4. The summed E-state index contributed by atoms with van der Waals surface area (Å²) in [6.07, 6.45) is 1.26. The van der Waals surface area contributed by atoms with Crippen molar-refractivity contribution < 1.29 is 18.7 Å². The number of hydrogen-bond acceptors (Lipinski definition) is 6. The van der Waals surface area contributed by atoms with E-state index in [0.29, 0.717) is 28.6 Å². The Labute approximate surface area is 144 Å². The van der Waals surface area contributed by atoms with Gasteiger partial charge in [-0.2, -0.15) is 0 Å². The second kappa shape index (κ2) is 7.04. The lowest BCUT2D eigenvalue weighted by Gasteiger charge is -2.12. The van der Waals surface area contributed by atoms with E-state index in [1.165, 1.54) is 13.5 Å². The van der Waals surface area contributed by atoms with E-state index in [-0.39, 0.29) is 5.91 Å². The van der Waals surface area contributed by atoms with Gasteiger partial charge in [-0.15, -0.1) is 10.2 Å². The smallest absolute Gasteiger partial charge is 0.255 e. The number of carbonyl (C=O) groups excluding carboxylic acids is 1. The fourth-order valence-electron chi connectivity index (χ4n) is 2.36. The molecule has 128 valence electrons. The molecule has 1 N–H and O–H groups in total. The molecule has 1 heterocycles. The van der Waals surface area contributed by atoms with Gasteiger partial charge in [0.2, 0.25) is 12.3 Å². The normalized spacial score (nSPS) is 10.4. The molecule has 0 spiro atoms. The zero-order chi connectivity index (χ0) is 17.8. The summed E-state index contributed by atoms with van der Waals surface area (Å²) in [5.74, 6) is 1.19. The SMILES string of the molecule is COc1ccc(C(=O)Nc2cc(-c3nnco3)ccc2C)cc1OC. The average Bonchev–Trinajstić information content (AvgIpc) is 3.17. The topological polar surface area (TPSA) is 86.5 Å². The highest BCUT2D eigenvalue weighted by Crippen LogP contribution is 2.29. The van der Waals surface area contributed by atoms with Crippen molar-refractivity contribution in [3.8, 4) is 23.0 Å². The fourth-order valence-corrected chi connectivity index (χ4v) is 2.36. The van der Waals surface area contributed by atoms with Gasteiger partial charge in [0.15, 0.2) is 11.5 Å². The standard InChI is InChI=1S/C18H17N3O4/c1-11-4-5-13(18-21-19-10-25-18)8-14(11)20-17(22)12-6-7-15(23-2)16(9-12)24-3/h4-10H,1-3H3,(H,20,22). The molecule has 0 bridgehead atoms. The molecule has 0 atom stereocenters. The summed E-state index contributed by atoms with van der Waals surface area (Å²) < 4.78 is 15.6. The molecule has 0 aliphatic rings. The van der Waals surface area contributed by atoms with Gasteiger partial charge in [0.1, 0.15) is 0 Å². The largest absolute Gasteiger partial charge is 0.493 e. The Kier molecular flexibility index (Phi) is 4.65. The first kappa shape index (κ1) is 16.5. The summed E-state index contributed by atoms with van der Waals surface area (Å²) in [7, 11) is 3.07. The minimum atomic E-state index is -0.258. The first-order valence-corrected chi connectivity index (χ1v) is 7.53. The highest BCUT2D eigenvalue weighted by molar-refractivity contribution is 6.05. The summed E-state index contributed by atoms with van der Waals surface area (Å²) in [6, 6.07) is 10.5. The fraction of sp³-hybridized carbons (Fsp3) is 0.167. The monoisotopic (exact) mass is 339 g/mol. The van der Waals surface area contributed by atoms with Crippen molar-refractivity contribution in [1.29, 1.82) is 0 Å². The Morgan fingerprint density at radius 2 is 1.88 bits per heavy atom. The quantitative estimate of drug-likeness (QED) is 0.767. The van der Waals surface area contributed by atoms with E-state index in [0.717, 1.165) is 11.1 Å². The molecule has 25 heavy (non-hydrogen) atoms. The minimum Gasteiger partial charge on any atom is -0.493 e. The summed E-state index contributed by atoms with van der Waals surface area (Å²) in [4.78, 5) is 12.6. The molecule has 1 aromatic heterocycles. The maximum atomic E-state index is 12.6. The number of benzene rings is 2. The van der Waals surface area contributed by atoms with Crippen LogP contribution in [-0.2, 0) is 0 Å². The molecule has 0 unspecified atom stereocenters. The number of hydrogen-bond donors (Lipinski definition) is 1. The van der Waals surface area contributed by atoms with Crippen LogP contribution in [0.5, 0.6) is 11.5 Å². The summed E-state index contributed by atoms with van der Waals surface area (Å²) in [5.41, 5.74) is 2.76. The molecule has 0 aliphatic carbocycles. The van der Waals surface area contributed by atoms with Gasteiger partial charge in [-0.3, -0.25) is 4.79 Å². The van der Waals surface area contributed by atoms with Gasteiger partial charge in [0, 0.05) is 16.8 Å². The predicted molar refractivity (Wildman–Crippen MR) is 92.0 cm³/mol. The van der Waals surface area contributed by atoms with E-state index < -0.39 is 0 Å². The van der Waals surface area contributed by atoms with Crippen LogP contribution in [0.2, 0.25) is 0 Å². The molecule has 2 aromatic carbocycles. The molecule has 3 rings (SSSR count). The lowest BCUT2D eigenvalue weighted by Crippen LogP contribution is -2.13. The highest BCUT2D eigenvalue weighted by atomic mass is 16.5. The lowest BCUT2D eigenvalue weighted by atomic mass is 10.1. The number of nitrogens with zero attached hydrogens (tertiary/aromatic N) is 2. The van der Waals surface area contributed by atoms with E-state index in [1.54, 1.807) is 31.4 Å². The van der Waals surface area contributed by atoms with Crippen molar-refractivity contribution in [3.63, 3.8) is 0 Å². The number of anilines is 1.